The Hall–Kier alpha value is -3.38. The van der Waals surface area contributed by atoms with Crippen molar-refractivity contribution in [2.45, 2.75) is 30.7 Å². The van der Waals surface area contributed by atoms with Crippen molar-refractivity contribution in [3.8, 4) is 34.3 Å². The van der Waals surface area contributed by atoms with Gasteiger partial charge in [-0.15, -0.1) is 20.8 Å². The zero-order chi connectivity index (χ0) is 23.6. The molecular formula is C22H25N7O3S. The van der Waals surface area contributed by atoms with Crippen molar-refractivity contribution in [1.82, 2.24) is 30.5 Å². The van der Waals surface area contributed by atoms with Crippen molar-refractivity contribution < 1.29 is 13.5 Å². The van der Waals surface area contributed by atoms with Crippen LogP contribution in [0.3, 0.4) is 0 Å². The topological polar surface area (TPSA) is 156 Å². The highest BCUT2D eigenvalue weighted by atomic mass is 32.3. The maximum absolute atomic E-state index is 10.3. The van der Waals surface area contributed by atoms with Crippen LogP contribution in [-0.4, -0.2) is 46.6 Å². The van der Waals surface area contributed by atoms with E-state index in [1.807, 2.05) is 31.3 Å². The second-order valence-electron chi connectivity index (χ2n) is 7.66. The van der Waals surface area contributed by atoms with Gasteiger partial charge in [0.1, 0.15) is 5.03 Å². The summed E-state index contributed by atoms with van der Waals surface area (Å²) >= 11 is 0. The molecule has 0 saturated heterocycles. The fraction of sp³-hybridized carbons (Fsp3) is 0.227. The first-order valence-electron chi connectivity index (χ1n) is 10.2. The molecule has 0 amide bonds. The second-order valence-corrected chi connectivity index (χ2v) is 10.2. The van der Waals surface area contributed by atoms with Crippen LogP contribution in [0.2, 0.25) is 0 Å². The number of anilines is 1. The van der Waals surface area contributed by atoms with Gasteiger partial charge >= 0.3 is 0 Å². The Kier molecular flexibility index (Phi) is 6.38. The van der Waals surface area contributed by atoms with E-state index in [9.17, 15) is 9.11 Å². The zero-order valence-corrected chi connectivity index (χ0v) is 19.2. The second kappa shape index (κ2) is 9.24. The Morgan fingerprint density at radius 3 is 2.30 bits per heavy atom. The van der Waals surface area contributed by atoms with Crippen molar-refractivity contribution in [1.29, 1.82) is 0 Å². The highest BCUT2D eigenvalue weighted by Gasteiger charge is 2.22. The van der Waals surface area contributed by atoms with Crippen molar-refractivity contribution in [2.75, 3.05) is 12.8 Å². The molecule has 4 aromatic rings. The molecule has 0 saturated carbocycles. The summed E-state index contributed by atoms with van der Waals surface area (Å²) in [6, 6.07) is 11.1. The summed E-state index contributed by atoms with van der Waals surface area (Å²) in [6.07, 6.45) is 3.02. The molecule has 1 aromatic carbocycles. The largest absolute Gasteiger partial charge is 0.414 e. The Morgan fingerprint density at radius 2 is 1.67 bits per heavy atom. The summed E-state index contributed by atoms with van der Waals surface area (Å²) in [4.78, 5) is 13.0. The van der Waals surface area contributed by atoms with Gasteiger partial charge in [0.15, 0.2) is 11.5 Å². The van der Waals surface area contributed by atoms with Crippen LogP contribution < -0.4 is 11.1 Å². The molecule has 0 radical (unpaired) electrons. The number of nitrogens with two attached hydrogens (primary N) is 1. The summed E-state index contributed by atoms with van der Waals surface area (Å²) in [7, 11) is -1.08. The number of pyridine rings is 1. The van der Waals surface area contributed by atoms with Gasteiger partial charge in [-0.2, -0.15) is 0 Å². The maximum atomic E-state index is 10.3. The first-order valence-corrected chi connectivity index (χ1v) is 11.8. The van der Waals surface area contributed by atoms with E-state index in [0.717, 1.165) is 17.7 Å². The normalized spacial score (nSPS) is 12.3. The SMILES string of the molecule is CNCc1ccc(-c2nnc(-c3nc(-c4ccc(S(O)(O)C(C)C)nc4)cnc3N)o2)cc1. The van der Waals surface area contributed by atoms with Crippen LogP contribution in [0.15, 0.2) is 58.2 Å². The van der Waals surface area contributed by atoms with Gasteiger partial charge in [-0.1, -0.05) is 12.1 Å². The van der Waals surface area contributed by atoms with Crippen molar-refractivity contribution in [3.05, 3.63) is 54.4 Å². The molecule has 5 N–H and O–H groups in total. The van der Waals surface area contributed by atoms with E-state index in [2.05, 4.69) is 30.5 Å². The molecule has 3 heterocycles. The Morgan fingerprint density at radius 1 is 0.970 bits per heavy atom. The third kappa shape index (κ3) is 4.71. The molecule has 0 aliphatic carbocycles. The van der Waals surface area contributed by atoms with E-state index in [-0.39, 0.29) is 27.7 Å². The summed E-state index contributed by atoms with van der Waals surface area (Å²) in [5.74, 6) is 0.643. The molecule has 10 nitrogen and oxygen atoms in total. The van der Waals surface area contributed by atoms with E-state index in [0.29, 0.717) is 17.1 Å². The van der Waals surface area contributed by atoms with Gasteiger partial charge in [0.05, 0.1) is 11.9 Å². The quantitative estimate of drug-likeness (QED) is 0.312. The molecule has 0 fully saturated rings. The van der Waals surface area contributed by atoms with Crippen LogP contribution in [0.4, 0.5) is 5.82 Å². The summed E-state index contributed by atoms with van der Waals surface area (Å²) < 4.78 is 26.4. The average molecular weight is 468 g/mol. The fourth-order valence-corrected chi connectivity index (χ4v) is 4.01. The fourth-order valence-electron chi connectivity index (χ4n) is 3.05. The van der Waals surface area contributed by atoms with Gasteiger partial charge in [0, 0.05) is 29.1 Å². The molecule has 0 atom stereocenters. The lowest BCUT2D eigenvalue weighted by Crippen LogP contribution is -2.11. The number of benzene rings is 1. The molecule has 0 spiro atoms. The van der Waals surface area contributed by atoms with Crippen LogP contribution in [0.25, 0.3) is 34.3 Å². The van der Waals surface area contributed by atoms with Crippen LogP contribution >= 0.6 is 10.6 Å². The van der Waals surface area contributed by atoms with Crippen molar-refractivity contribution in [3.63, 3.8) is 0 Å². The molecule has 3 aromatic heterocycles. The van der Waals surface area contributed by atoms with E-state index in [1.165, 1.54) is 12.4 Å². The highest BCUT2D eigenvalue weighted by molar-refractivity contribution is 8.24. The zero-order valence-electron chi connectivity index (χ0n) is 18.4. The van der Waals surface area contributed by atoms with E-state index < -0.39 is 10.6 Å². The molecular weight excluding hydrogens is 442 g/mol. The van der Waals surface area contributed by atoms with Gasteiger partial charge < -0.3 is 15.5 Å². The molecule has 33 heavy (non-hydrogen) atoms. The minimum atomic E-state index is -2.97. The molecule has 0 unspecified atom stereocenters. The number of hydrogen-bond donors (Lipinski definition) is 4. The Balaban J connectivity index is 1.62. The molecule has 4 rings (SSSR count). The predicted molar refractivity (Wildman–Crippen MR) is 127 cm³/mol. The first kappa shape index (κ1) is 22.8. The Labute approximate surface area is 192 Å². The number of rotatable bonds is 7. The number of nitrogens with zero attached hydrogens (tertiary/aromatic N) is 5. The lowest BCUT2D eigenvalue weighted by molar-refractivity contribution is 0.472. The van der Waals surface area contributed by atoms with Gasteiger partial charge in [0.2, 0.25) is 5.89 Å². The van der Waals surface area contributed by atoms with Crippen molar-refractivity contribution >= 4 is 16.4 Å². The van der Waals surface area contributed by atoms with Gasteiger partial charge in [-0.05, 0) is 50.7 Å². The van der Waals surface area contributed by atoms with E-state index in [4.69, 9.17) is 10.2 Å². The molecule has 0 aliphatic heterocycles. The lowest BCUT2D eigenvalue weighted by atomic mass is 10.1. The number of nitrogen functional groups attached to an aromatic ring is 1. The predicted octanol–water partition coefficient (Wildman–Crippen LogP) is 4.08. The number of aromatic nitrogens is 5. The minimum Gasteiger partial charge on any atom is -0.414 e. The molecule has 11 heteroatoms. The van der Waals surface area contributed by atoms with Gasteiger partial charge in [0.25, 0.3) is 5.89 Å². The third-order valence-corrected chi connectivity index (χ3v) is 7.18. The van der Waals surface area contributed by atoms with Crippen molar-refractivity contribution in [2.24, 2.45) is 0 Å². The molecule has 0 bridgehead atoms. The maximum Gasteiger partial charge on any atom is 0.270 e. The van der Waals surface area contributed by atoms with Crippen LogP contribution in [0, 0.1) is 0 Å². The number of hydrogen-bond acceptors (Lipinski definition) is 10. The Bertz CT molecular complexity index is 1240. The van der Waals surface area contributed by atoms with Gasteiger partial charge in [-0.25, -0.2) is 15.0 Å². The van der Waals surface area contributed by atoms with Crippen LogP contribution in [0.5, 0.6) is 0 Å². The lowest BCUT2D eigenvalue weighted by Gasteiger charge is -2.35. The van der Waals surface area contributed by atoms with Gasteiger partial charge in [-0.3, -0.25) is 9.11 Å². The van der Waals surface area contributed by atoms with E-state index in [1.54, 1.807) is 26.0 Å². The standard InChI is InChI=1S/C22H25N7O3S/c1-13(2)33(30,31)18-9-8-16(11-25-18)17-12-26-20(23)19(27-17)22-29-28-21(32-22)15-6-4-14(5-7-15)10-24-3/h4-9,11-13,24,30-31H,10H2,1-3H3,(H2,23,26). The number of nitrogens with one attached hydrogen (secondary N) is 1. The summed E-state index contributed by atoms with van der Waals surface area (Å²) in [5, 5.41) is 11.2. The highest BCUT2D eigenvalue weighted by Crippen LogP contribution is 2.51. The third-order valence-electron chi connectivity index (χ3n) is 5.01. The summed E-state index contributed by atoms with van der Waals surface area (Å²) in [6.45, 7) is 4.23. The smallest absolute Gasteiger partial charge is 0.270 e. The van der Waals surface area contributed by atoms with E-state index >= 15 is 0 Å². The summed E-state index contributed by atoms with van der Waals surface area (Å²) in [5.41, 5.74) is 9.31. The average Bonchev–Trinajstić information content (AvgIpc) is 3.30. The molecule has 172 valence electrons. The first-order chi connectivity index (χ1) is 15.8. The molecule has 0 aliphatic rings. The van der Waals surface area contributed by atoms with Crippen LogP contribution in [-0.2, 0) is 6.54 Å². The van der Waals surface area contributed by atoms with Crippen LogP contribution in [0.1, 0.15) is 19.4 Å². The minimum absolute atomic E-state index is 0.148. The monoisotopic (exact) mass is 467 g/mol.